The zero-order chi connectivity index (χ0) is 17.2. The third kappa shape index (κ3) is 6.82. The second-order valence-corrected chi connectivity index (χ2v) is 6.65. The molecule has 0 unspecified atom stereocenters. The Balaban J connectivity index is 0.000000379. The molecule has 0 radical (unpaired) electrons. The molecule has 0 aliphatic heterocycles. The van der Waals surface area contributed by atoms with E-state index >= 15 is 0 Å². The van der Waals surface area contributed by atoms with Crippen molar-refractivity contribution in [2.24, 2.45) is 5.92 Å². The van der Waals surface area contributed by atoms with Crippen molar-refractivity contribution in [3.63, 3.8) is 0 Å². The van der Waals surface area contributed by atoms with Crippen molar-refractivity contribution >= 4 is 23.1 Å². The van der Waals surface area contributed by atoms with E-state index in [4.69, 9.17) is 5.73 Å². The largest absolute Gasteiger partial charge is 0.505 e. The van der Waals surface area contributed by atoms with Crippen LogP contribution in [0.3, 0.4) is 0 Å². The molecule has 23 heavy (non-hydrogen) atoms. The van der Waals surface area contributed by atoms with Crippen LogP contribution in [0.4, 0.5) is 11.4 Å². The molecule has 0 fully saturated rings. The summed E-state index contributed by atoms with van der Waals surface area (Å²) in [6, 6.07) is 8.88. The lowest BCUT2D eigenvalue weighted by atomic mass is 10.1. The number of benzene rings is 1. The van der Waals surface area contributed by atoms with Gasteiger partial charge in [-0.25, -0.2) is 4.98 Å². The summed E-state index contributed by atoms with van der Waals surface area (Å²) in [6.45, 7) is 6.73. The Labute approximate surface area is 143 Å². The molecule has 126 valence electrons. The van der Waals surface area contributed by atoms with E-state index in [0.717, 1.165) is 16.5 Å². The molecule has 0 atom stereocenters. The Morgan fingerprint density at radius 3 is 2.57 bits per heavy atom. The maximum atomic E-state index is 9.67. The van der Waals surface area contributed by atoms with Crippen LogP contribution in [0, 0.1) is 5.92 Å². The Morgan fingerprint density at radius 1 is 1.30 bits per heavy atom. The first-order valence-corrected chi connectivity index (χ1v) is 8.68. The Bertz CT molecular complexity index is 603. The Hall–Kier alpha value is -1.88. The molecular formula is C18H27N3OS. The zero-order valence-electron chi connectivity index (χ0n) is 14.3. The van der Waals surface area contributed by atoms with E-state index in [0.29, 0.717) is 10.7 Å². The minimum absolute atomic E-state index is 0.168. The van der Waals surface area contributed by atoms with Crippen molar-refractivity contribution in [1.29, 1.82) is 0 Å². The van der Waals surface area contributed by atoms with Crippen LogP contribution in [-0.2, 0) is 0 Å². The molecule has 0 amide bonds. The highest BCUT2D eigenvalue weighted by molar-refractivity contribution is 7.99. The van der Waals surface area contributed by atoms with Crippen LogP contribution in [0.5, 0.6) is 5.75 Å². The Kier molecular flexibility index (Phi) is 8.33. The molecule has 0 spiro atoms. The number of anilines is 2. The number of pyridine rings is 1. The maximum absolute atomic E-state index is 9.67. The molecule has 1 aromatic carbocycles. The maximum Gasteiger partial charge on any atom is 0.148 e. The van der Waals surface area contributed by atoms with E-state index in [1.165, 1.54) is 24.6 Å². The number of hydrogen-bond acceptors (Lipinski definition) is 5. The average molecular weight is 334 g/mol. The summed E-state index contributed by atoms with van der Waals surface area (Å²) in [5.41, 5.74) is 7.39. The Morgan fingerprint density at radius 2 is 2.04 bits per heavy atom. The van der Waals surface area contributed by atoms with E-state index < -0.39 is 0 Å². The van der Waals surface area contributed by atoms with Crippen molar-refractivity contribution in [2.45, 2.75) is 43.5 Å². The van der Waals surface area contributed by atoms with Gasteiger partial charge < -0.3 is 16.2 Å². The number of nitrogens with zero attached hydrogens (tertiary/aromatic N) is 1. The van der Waals surface area contributed by atoms with Crippen molar-refractivity contribution in [3.05, 3.63) is 36.5 Å². The van der Waals surface area contributed by atoms with Crippen LogP contribution < -0.4 is 11.1 Å². The average Bonchev–Trinajstić information content (AvgIpc) is 2.50. The summed E-state index contributed by atoms with van der Waals surface area (Å²) >= 11 is 1.38. The first kappa shape index (κ1) is 19.2. The van der Waals surface area contributed by atoms with Crippen molar-refractivity contribution in [2.75, 3.05) is 18.1 Å². The molecule has 1 aromatic heterocycles. The van der Waals surface area contributed by atoms with Crippen LogP contribution in [0.2, 0.25) is 0 Å². The SMILES string of the molecule is CCCC(C)C.CNc1ccc(N)cc1Sc1ncccc1O. The number of rotatable bonds is 5. The van der Waals surface area contributed by atoms with E-state index in [1.54, 1.807) is 18.3 Å². The second-order valence-electron chi connectivity index (χ2n) is 5.62. The minimum Gasteiger partial charge on any atom is -0.505 e. The van der Waals surface area contributed by atoms with E-state index in [-0.39, 0.29) is 5.75 Å². The van der Waals surface area contributed by atoms with Crippen LogP contribution >= 0.6 is 11.8 Å². The number of nitrogens with two attached hydrogens (primary N) is 1. The first-order valence-electron chi connectivity index (χ1n) is 7.87. The first-order chi connectivity index (χ1) is 11.0. The zero-order valence-corrected chi connectivity index (χ0v) is 15.2. The molecule has 2 aromatic rings. The molecule has 4 N–H and O–H groups in total. The lowest BCUT2D eigenvalue weighted by Crippen LogP contribution is -1.93. The summed E-state index contributed by atoms with van der Waals surface area (Å²) in [5, 5.41) is 13.3. The van der Waals surface area contributed by atoms with Gasteiger partial charge in [-0.05, 0) is 36.2 Å². The predicted octanol–water partition coefficient (Wildman–Crippen LogP) is 5.00. The van der Waals surface area contributed by atoms with Gasteiger partial charge in [0, 0.05) is 29.5 Å². The number of nitrogens with one attached hydrogen (secondary N) is 1. The summed E-state index contributed by atoms with van der Waals surface area (Å²) in [6.07, 6.45) is 4.35. The van der Waals surface area contributed by atoms with Crippen molar-refractivity contribution in [3.8, 4) is 5.75 Å². The molecule has 0 aliphatic carbocycles. The van der Waals surface area contributed by atoms with Gasteiger partial charge in [0.15, 0.2) is 0 Å². The van der Waals surface area contributed by atoms with Crippen LogP contribution in [0.25, 0.3) is 0 Å². The summed E-state index contributed by atoms with van der Waals surface area (Å²) in [4.78, 5) is 5.05. The smallest absolute Gasteiger partial charge is 0.148 e. The van der Waals surface area contributed by atoms with Gasteiger partial charge in [-0.2, -0.15) is 0 Å². The molecule has 0 bridgehead atoms. The monoisotopic (exact) mass is 333 g/mol. The fraction of sp³-hybridized carbons (Fsp3) is 0.389. The molecule has 2 rings (SSSR count). The standard InChI is InChI=1S/C12H13N3OS.C6H14/c1-14-9-5-4-8(13)7-11(9)17-12-10(16)3-2-6-15-12;1-4-5-6(2)3/h2-7,14,16H,13H2,1H3;6H,4-5H2,1-3H3. The highest BCUT2D eigenvalue weighted by atomic mass is 32.2. The second kappa shape index (κ2) is 10.0. The van der Waals surface area contributed by atoms with Crippen molar-refractivity contribution in [1.82, 2.24) is 4.98 Å². The molecule has 5 heteroatoms. The van der Waals surface area contributed by atoms with Gasteiger partial charge in [0.1, 0.15) is 10.8 Å². The van der Waals surface area contributed by atoms with Gasteiger partial charge in [0.05, 0.1) is 0 Å². The summed E-state index contributed by atoms with van der Waals surface area (Å²) in [7, 11) is 1.84. The number of hydrogen-bond donors (Lipinski definition) is 3. The van der Waals surface area contributed by atoms with Gasteiger partial charge in [0.2, 0.25) is 0 Å². The fourth-order valence-corrected chi connectivity index (χ4v) is 2.94. The number of aromatic hydroxyl groups is 1. The van der Waals surface area contributed by atoms with Gasteiger partial charge in [0.25, 0.3) is 0 Å². The van der Waals surface area contributed by atoms with Crippen LogP contribution in [-0.4, -0.2) is 17.1 Å². The van der Waals surface area contributed by atoms with Crippen molar-refractivity contribution < 1.29 is 5.11 Å². The van der Waals surface area contributed by atoms with E-state index in [1.807, 2.05) is 25.2 Å². The van der Waals surface area contributed by atoms with Crippen LogP contribution in [0.1, 0.15) is 33.6 Å². The number of aromatic nitrogens is 1. The molecule has 0 aliphatic rings. The van der Waals surface area contributed by atoms with E-state index in [9.17, 15) is 5.11 Å². The topological polar surface area (TPSA) is 71.2 Å². The quantitative estimate of drug-likeness (QED) is 0.671. The highest BCUT2D eigenvalue weighted by Crippen LogP contribution is 2.37. The normalized spacial score (nSPS) is 10.1. The lowest BCUT2D eigenvalue weighted by molar-refractivity contribution is 0.457. The molecule has 1 heterocycles. The van der Waals surface area contributed by atoms with E-state index in [2.05, 4.69) is 31.1 Å². The van der Waals surface area contributed by atoms with Gasteiger partial charge in [-0.15, -0.1) is 0 Å². The van der Waals surface area contributed by atoms with Crippen LogP contribution in [0.15, 0.2) is 46.5 Å². The third-order valence-corrected chi connectivity index (χ3v) is 4.16. The predicted molar refractivity (Wildman–Crippen MR) is 100 cm³/mol. The molecule has 0 saturated heterocycles. The summed E-state index contributed by atoms with van der Waals surface area (Å²) in [5.74, 6) is 1.07. The lowest BCUT2D eigenvalue weighted by Gasteiger charge is -2.09. The molecule has 4 nitrogen and oxygen atoms in total. The molecule has 0 saturated carbocycles. The van der Waals surface area contributed by atoms with Gasteiger partial charge >= 0.3 is 0 Å². The molecular weight excluding hydrogens is 306 g/mol. The highest BCUT2D eigenvalue weighted by Gasteiger charge is 2.08. The fourth-order valence-electron chi connectivity index (χ4n) is 1.97. The minimum atomic E-state index is 0.168. The van der Waals surface area contributed by atoms with Gasteiger partial charge in [-0.3, -0.25) is 0 Å². The third-order valence-electron chi connectivity index (χ3n) is 3.10. The summed E-state index contributed by atoms with van der Waals surface area (Å²) < 4.78 is 0. The number of nitrogen functional groups attached to an aromatic ring is 1. The van der Waals surface area contributed by atoms with Gasteiger partial charge in [-0.1, -0.05) is 45.4 Å².